The fourth-order valence-electron chi connectivity index (χ4n) is 3.30. The van der Waals surface area contributed by atoms with Crippen molar-refractivity contribution in [3.05, 3.63) is 51.8 Å². The Hall–Kier alpha value is -1.79. The average molecular weight is 328 g/mol. The lowest BCUT2D eigenvalue weighted by Crippen LogP contribution is -2.40. The Morgan fingerprint density at radius 3 is 2.91 bits per heavy atom. The van der Waals surface area contributed by atoms with Crippen molar-refractivity contribution >= 4 is 17.6 Å². The van der Waals surface area contributed by atoms with Crippen LogP contribution in [0.4, 0.5) is 5.82 Å². The summed E-state index contributed by atoms with van der Waals surface area (Å²) < 4.78 is 2.16. The number of aromatic nitrogens is 2. The van der Waals surface area contributed by atoms with Crippen molar-refractivity contribution in [2.24, 2.45) is 0 Å². The Bertz CT molecular complexity index is 789. The quantitative estimate of drug-likeness (QED) is 0.859. The molecule has 2 aliphatic heterocycles. The monoisotopic (exact) mass is 328 g/mol. The number of benzene rings is 1. The van der Waals surface area contributed by atoms with Crippen molar-refractivity contribution < 1.29 is 0 Å². The summed E-state index contributed by atoms with van der Waals surface area (Å²) in [4.78, 5) is 19.0. The molecule has 4 rings (SSSR count). The molecule has 2 atom stereocenters. The Balaban J connectivity index is 1.66. The van der Waals surface area contributed by atoms with Crippen LogP contribution in [-0.2, 0) is 13.1 Å². The first-order chi connectivity index (χ1) is 11.1. The number of hydrogen-bond donors (Lipinski definition) is 1. The molecule has 0 saturated carbocycles. The molecule has 1 N–H and O–H groups in total. The van der Waals surface area contributed by atoms with Gasteiger partial charge in [-0.1, -0.05) is 49.0 Å². The molecule has 3 heterocycles. The molecule has 0 fully saturated rings. The van der Waals surface area contributed by atoms with E-state index in [9.17, 15) is 4.79 Å². The maximum atomic E-state index is 12.4. The average Bonchev–Trinajstić information content (AvgIpc) is 2.95. The van der Waals surface area contributed by atoms with E-state index in [1.807, 2.05) is 6.07 Å². The van der Waals surface area contributed by atoms with Crippen molar-refractivity contribution in [1.29, 1.82) is 0 Å². The maximum Gasteiger partial charge on any atom is 0.280 e. The molecule has 1 aromatic carbocycles. The standard InChI is InChI=1S/C17H20N4OS/c1-11-8-21-15-14(16(22)19-17(21)23-11)9-20(10-18-15)12(2)13-6-4-3-5-7-13/h3-7,11-12,18H,8-10H2,1-2H3/t11-,12+/m0/s1. The van der Waals surface area contributed by atoms with Gasteiger partial charge in [0.25, 0.3) is 5.56 Å². The third-order valence-corrected chi connectivity index (χ3v) is 5.70. The highest BCUT2D eigenvalue weighted by Gasteiger charge is 2.30. The second-order valence-corrected chi connectivity index (χ2v) is 7.64. The van der Waals surface area contributed by atoms with Gasteiger partial charge in [-0.15, -0.1) is 0 Å². The van der Waals surface area contributed by atoms with Gasteiger partial charge in [-0.3, -0.25) is 9.69 Å². The largest absolute Gasteiger partial charge is 0.358 e. The molecule has 0 radical (unpaired) electrons. The molecule has 2 aromatic rings. The molecular formula is C17H20N4OS. The smallest absolute Gasteiger partial charge is 0.280 e. The van der Waals surface area contributed by atoms with Crippen molar-refractivity contribution in [2.75, 3.05) is 12.0 Å². The summed E-state index contributed by atoms with van der Waals surface area (Å²) in [6.45, 7) is 6.65. The first-order valence-corrected chi connectivity index (χ1v) is 8.84. The number of anilines is 1. The number of nitrogens with one attached hydrogen (secondary N) is 1. The molecule has 0 aliphatic carbocycles. The maximum absolute atomic E-state index is 12.4. The van der Waals surface area contributed by atoms with E-state index in [1.54, 1.807) is 11.8 Å². The first kappa shape index (κ1) is 14.8. The van der Waals surface area contributed by atoms with E-state index in [0.717, 1.165) is 29.8 Å². The summed E-state index contributed by atoms with van der Waals surface area (Å²) in [6.07, 6.45) is 0. The van der Waals surface area contributed by atoms with Crippen molar-refractivity contribution in [3.8, 4) is 0 Å². The van der Waals surface area contributed by atoms with Crippen LogP contribution < -0.4 is 10.9 Å². The second-order valence-electron chi connectivity index (χ2n) is 6.23. The molecular weight excluding hydrogens is 308 g/mol. The summed E-state index contributed by atoms with van der Waals surface area (Å²) in [5.41, 5.74) is 1.96. The molecule has 2 aliphatic rings. The lowest BCUT2D eigenvalue weighted by Gasteiger charge is -2.35. The van der Waals surface area contributed by atoms with E-state index in [2.05, 4.69) is 57.9 Å². The van der Waals surface area contributed by atoms with Gasteiger partial charge < -0.3 is 9.88 Å². The predicted octanol–water partition coefficient (Wildman–Crippen LogP) is 2.68. The van der Waals surface area contributed by atoms with Gasteiger partial charge in [-0.05, 0) is 12.5 Å². The molecule has 0 unspecified atom stereocenters. The van der Waals surface area contributed by atoms with Gasteiger partial charge in [-0.2, -0.15) is 4.98 Å². The van der Waals surface area contributed by atoms with Crippen molar-refractivity contribution in [2.45, 2.75) is 43.4 Å². The predicted molar refractivity (Wildman–Crippen MR) is 92.7 cm³/mol. The topological polar surface area (TPSA) is 50.2 Å². The highest BCUT2D eigenvalue weighted by atomic mass is 32.2. The van der Waals surface area contributed by atoms with Crippen LogP contribution in [0.15, 0.2) is 40.3 Å². The molecule has 0 spiro atoms. The van der Waals surface area contributed by atoms with E-state index < -0.39 is 0 Å². The van der Waals surface area contributed by atoms with Crippen LogP contribution >= 0.6 is 11.8 Å². The fourth-order valence-corrected chi connectivity index (χ4v) is 4.32. The van der Waals surface area contributed by atoms with Crippen molar-refractivity contribution in [3.63, 3.8) is 0 Å². The zero-order chi connectivity index (χ0) is 16.0. The van der Waals surface area contributed by atoms with Crippen molar-refractivity contribution in [1.82, 2.24) is 14.5 Å². The molecule has 0 saturated heterocycles. The van der Waals surface area contributed by atoms with E-state index in [1.165, 1.54) is 5.56 Å². The van der Waals surface area contributed by atoms with Crippen LogP contribution in [0, 0.1) is 0 Å². The van der Waals surface area contributed by atoms with E-state index in [0.29, 0.717) is 11.8 Å². The summed E-state index contributed by atoms with van der Waals surface area (Å²) in [6, 6.07) is 10.7. The first-order valence-electron chi connectivity index (χ1n) is 7.96. The van der Waals surface area contributed by atoms with E-state index in [-0.39, 0.29) is 11.6 Å². The third kappa shape index (κ3) is 2.56. The van der Waals surface area contributed by atoms with Crippen LogP contribution in [0.25, 0.3) is 0 Å². The number of rotatable bonds is 2. The molecule has 6 heteroatoms. The molecule has 0 amide bonds. The van der Waals surface area contributed by atoms with E-state index in [4.69, 9.17) is 0 Å². The summed E-state index contributed by atoms with van der Waals surface area (Å²) >= 11 is 1.68. The van der Waals surface area contributed by atoms with Gasteiger partial charge >= 0.3 is 0 Å². The number of thioether (sulfide) groups is 1. The number of hydrogen-bond acceptors (Lipinski definition) is 5. The fraction of sp³-hybridized carbons (Fsp3) is 0.412. The Morgan fingerprint density at radius 1 is 1.35 bits per heavy atom. The van der Waals surface area contributed by atoms with Crippen LogP contribution in [0.2, 0.25) is 0 Å². The van der Waals surface area contributed by atoms with Gasteiger partial charge in [0.2, 0.25) is 0 Å². The second kappa shape index (κ2) is 5.69. The number of nitrogens with zero attached hydrogens (tertiary/aromatic N) is 3. The highest BCUT2D eigenvalue weighted by Crippen LogP contribution is 2.35. The lowest BCUT2D eigenvalue weighted by atomic mass is 10.1. The van der Waals surface area contributed by atoms with Crippen LogP contribution in [-0.4, -0.2) is 26.4 Å². The SMILES string of the molecule is C[C@H](c1ccccc1)N1CNc2c(c(=O)nc3n2C[C@H](C)S3)C1. The normalized spacial score (nSPS) is 21.4. The van der Waals surface area contributed by atoms with Gasteiger partial charge in [0, 0.05) is 24.4 Å². The summed E-state index contributed by atoms with van der Waals surface area (Å²) in [5, 5.41) is 4.78. The highest BCUT2D eigenvalue weighted by molar-refractivity contribution is 7.99. The van der Waals surface area contributed by atoms with Crippen LogP contribution in [0.1, 0.15) is 31.0 Å². The summed E-state index contributed by atoms with van der Waals surface area (Å²) in [7, 11) is 0. The molecule has 5 nitrogen and oxygen atoms in total. The minimum absolute atomic E-state index is 0.0923. The third-order valence-electron chi connectivity index (χ3n) is 4.63. The molecule has 23 heavy (non-hydrogen) atoms. The van der Waals surface area contributed by atoms with Crippen LogP contribution in [0.3, 0.4) is 0 Å². The Labute approximate surface area is 139 Å². The van der Waals surface area contributed by atoms with Gasteiger partial charge in [0.15, 0.2) is 5.16 Å². The Morgan fingerprint density at radius 2 is 2.13 bits per heavy atom. The zero-order valence-corrected chi connectivity index (χ0v) is 14.1. The minimum atomic E-state index is -0.0923. The number of fused-ring (bicyclic) bond motifs is 3. The van der Waals surface area contributed by atoms with E-state index >= 15 is 0 Å². The zero-order valence-electron chi connectivity index (χ0n) is 13.3. The summed E-state index contributed by atoms with van der Waals surface area (Å²) in [5.74, 6) is 0.966. The Kier molecular flexibility index (Phi) is 3.66. The molecule has 1 aromatic heterocycles. The van der Waals surface area contributed by atoms with Gasteiger partial charge in [-0.25, -0.2) is 0 Å². The lowest BCUT2D eigenvalue weighted by molar-refractivity contribution is 0.206. The van der Waals surface area contributed by atoms with Crippen LogP contribution in [0.5, 0.6) is 0 Å². The minimum Gasteiger partial charge on any atom is -0.358 e. The molecule has 0 bridgehead atoms. The van der Waals surface area contributed by atoms with Gasteiger partial charge in [0.1, 0.15) is 5.82 Å². The molecule has 120 valence electrons. The van der Waals surface area contributed by atoms with Gasteiger partial charge in [0.05, 0.1) is 12.2 Å².